The summed E-state index contributed by atoms with van der Waals surface area (Å²) >= 11 is 3.44. The van der Waals surface area contributed by atoms with Gasteiger partial charge in [-0.2, -0.15) is 0 Å². The van der Waals surface area contributed by atoms with Crippen molar-refractivity contribution in [3.63, 3.8) is 0 Å². The minimum absolute atomic E-state index is 0.0698. The maximum atomic E-state index is 14.8. The van der Waals surface area contributed by atoms with Crippen molar-refractivity contribution in [3.8, 4) is 135 Å². The van der Waals surface area contributed by atoms with Gasteiger partial charge in [0.2, 0.25) is 0 Å². The highest BCUT2D eigenvalue weighted by molar-refractivity contribution is 7.27. The summed E-state index contributed by atoms with van der Waals surface area (Å²) in [5, 5.41) is 8.99. The van der Waals surface area contributed by atoms with Crippen LogP contribution in [-0.2, 0) is 5.41 Å². The Morgan fingerprint density at radius 2 is 0.687 bits per heavy atom. The summed E-state index contributed by atoms with van der Waals surface area (Å²) < 4.78 is 33.6. The molecule has 22 aromatic rings. The van der Waals surface area contributed by atoms with Gasteiger partial charge in [0, 0.05) is 130 Å². The summed E-state index contributed by atoms with van der Waals surface area (Å²) in [6, 6.07) is 106. The molecule has 8 aromatic heterocycles. The molecule has 0 N–H and O–H groups in total. The second kappa shape index (κ2) is 26.9. The summed E-state index contributed by atoms with van der Waals surface area (Å²) in [6.07, 6.45) is 3.63. The first-order chi connectivity index (χ1) is 56.5. The van der Waals surface area contributed by atoms with E-state index in [-0.39, 0.29) is 11.2 Å². The number of hydrogen-bond donors (Lipinski definition) is 0. The molecule has 0 radical (unpaired) electrons. The second-order valence-electron chi connectivity index (χ2n) is 30.0. The molecule has 0 aliphatic heterocycles. The van der Waals surface area contributed by atoms with E-state index < -0.39 is 0 Å². The molecule has 0 bridgehead atoms. The number of pyridine rings is 1. The van der Waals surface area contributed by atoms with Gasteiger partial charge < -0.3 is 8.83 Å². The first-order valence-corrected chi connectivity index (χ1v) is 39.8. The molecule has 11 nitrogen and oxygen atoms in total. The largest absolute Gasteiger partial charge is 0.455 e. The van der Waals surface area contributed by atoms with Crippen molar-refractivity contribution >= 4 is 118 Å². The van der Waals surface area contributed by atoms with Crippen LogP contribution in [0.5, 0.6) is 0 Å². The summed E-state index contributed by atoms with van der Waals surface area (Å²) in [4.78, 5) is 47.2. The zero-order valence-corrected chi connectivity index (χ0v) is 63.8. The van der Waals surface area contributed by atoms with E-state index in [9.17, 15) is 4.39 Å². The average Bonchev–Trinajstić information content (AvgIpc) is 1.60. The molecule has 8 heterocycles. The molecule has 115 heavy (non-hydrogen) atoms. The zero-order chi connectivity index (χ0) is 76.6. The highest BCUT2D eigenvalue weighted by Gasteiger charge is 2.28. The van der Waals surface area contributed by atoms with Crippen LogP contribution in [0.25, 0.3) is 231 Å². The Morgan fingerprint density at radius 1 is 0.270 bits per heavy atom. The monoisotopic (exact) mass is 1520 g/mol. The van der Waals surface area contributed by atoms with Crippen LogP contribution in [0.15, 0.2) is 331 Å². The van der Waals surface area contributed by atoms with Gasteiger partial charge in [-0.3, -0.25) is 4.98 Å². The first kappa shape index (κ1) is 67.5. The molecule has 0 atom stereocenters. The molecule has 0 saturated heterocycles. The predicted molar refractivity (Wildman–Crippen MR) is 468 cm³/mol. The van der Waals surface area contributed by atoms with E-state index >= 15 is 0 Å². The van der Waals surface area contributed by atoms with Gasteiger partial charge in [0.15, 0.2) is 40.8 Å². The molecular weight excluding hydrogens is 1450 g/mol. The van der Waals surface area contributed by atoms with Gasteiger partial charge in [0.1, 0.15) is 28.1 Å². The van der Waals surface area contributed by atoms with E-state index in [1.165, 1.54) is 17.7 Å². The zero-order valence-electron chi connectivity index (χ0n) is 62.1. The van der Waals surface area contributed by atoms with Crippen molar-refractivity contribution in [3.05, 3.63) is 333 Å². The first-order valence-electron chi connectivity index (χ1n) is 38.1. The summed E-state index contributed by atoms with van der Waals surface area (Å²) in [7, 11) is 0. The fraction of sp³-hybridized carbons (Fsp3) is 0.0396. The van der Waals surface area contributed by atoms with Crippen LogP contribution in [0.4, 0.5) is 4.39 Å². The number of benzene rings is 14. The minimum atomic E-state index is -0.317. The molecule has 22 rings (SSSR count). The lowest BCUT2D eigenvalue weighted by molar-refractivity contribution is 0.590. The Balaban J connectivity index is 0.705. The van der Waals surface area contributed by atoms with Crippen LogP contribution in [0.3, 0.4) is 0 Å². The molecule has 0 fully saturated rings. The molecule has 0 spiro atoms. The third-order valence-corrected chi connectivity index (χ3v) is 24.5. The van der Waals surface area contributed by atoms with E-state index in [2.05, 4.69) is 215 Å². The molecule has 542 valence electrons. The van der Waals surface area contributed by atoms with E-state index in [1.54, 1.807) is 34.9 Å². The Labute approximate surface area is 666 Å². The van der Waals surface area contributed by atoms with Gasteiger partial charge in [-0.25, -0.2) is 44.3 Å². The van der Waals surface area contributed by atoms with Crippen LogP contribution in [-0.4, -0.2) is 44.9 Å². The maximum Gasteiger partial charge on any atom is 0.167 e. The predicted octanol–water partition coefficient (Wildman–Crippen LogP) is 27.4. The molecule has 0 unspecified atom stereocenters. The number of fused-ring (bicyclic) bond motifs is 13. The summed E-state index contributed by atoms with van der Waals surface area (Å²) in [5.41, 5.74) is 19.9. The summed E-state index contributed by atoms with van der Waals surface area (Å²) in [5.74, 6) is 3.34. The number of para-hydroxylation sites is 4. The van der Waals surface area contributed by atoms with Crippen molar-refractivity contribution in [2.24, 2.45) is 0 Å². The van der Waals surface area contributed by atoms with Crippen molar-refractivity contribution in [2.75, 3.05) is 0 Å². The lowest BCUT2D eigenvalue weighted by atomic mass is 9.87. The fourth-order valence-electron chi connectivity index (χ4n) is 16.3. The molecule has 0 aliphatic rings. The minimum Gasteiger partial charge on any atom is -0.455 e. The number of thiophene rings is 2. The number of hydrogen-bond acceptors (Lipinski definition) is 13. The molecule has 14 aromatic carbocycles. The molecule has 0 aliphatic carbocycles. The quantitative estimate of drug-likeness (QED) is 0.115. The van der Waals surface area contributed by atoms with Gasteiger partial charge >= 0.3 is 0 Å². The Morgan fingerprint density at radius 3 is 1.27 bits per heavy atom. The third-order valence-electron chi connectivity index (χ3n) is 21.9. The highest BCUT2D eigenvalue weighted by atomic mass is 32.1. The number of nitrogens with zero attached hydrogens (tertiary/aromatic N) is 9. The topological polar surface area (TPSA) is 142 Å². The summed E-state index contributed by atoms with van der Waals surface area (Å²) in [6.45, 7) is 6.67. The normalized spacial score (nSPS) is 12.0. The molecule has 14 heteroatoms. The number of furan rings is 2. The number of halogens is 1. The van der Waals surface area contributed by atoms with E-state index in [0.717, 1.165) is 162 Å². The Kier molecular flexibility index (Phi) is 15.8. The van der Waals surface area contributed by atoms with E-state index in [4.69, 9.17) is 53.7 Å². The van der Waals surface area contributed by atoms with Gasteiger partial charge in [-0.15, -0.1) is 22.7 Å². The lowest BCUT2D eigenvalue weighted by Crippen LogP contribution is -2.10. The lowest BCUT2D eigenvalue weighted by Gasteiger charge is -2.19. The van der Waals surface area contributed by atoms with Crippen molar-refractivity contribution in [1.29, 1.82) is 0 Å². The van der Waals surface area contributed by atoms with E-state index in [0.29, 0.717) is 68.8 Å². The van der Waals surface area contributed by atoms with Gasteiger partial charge in [-0.1, -0.05) is 251 Å². The van der Waals surface area contributed by atoms with Crippen LogP contribution < -0.4 is 0 Å². The van der Waals surface area contributed by atoms with Crippen LogP contribution >= 0.6 is 22.7 Å². The highest BCUT2D eigenvalue weighted by Crippen LogP contribution is 2.51. The standard InChI is InChI=1S/C101H62FN9O2S2/c1-101(2,3)65-48-46-60(47-49-65)95-107-97(76-40-17-33-69-68-32-16-39-75(86(68)112-87(69)76)96-104-56-62-29-13-14-45-84(62)105-96)110-100(109-95)79-43-21-38-74-83-55-64(53-81(93(83)115-92(74)79)58-25-9-5-10-26-58)63-52-80(57-23-7-4-8-24-57)89-82(54-63)70-34-18-41-77(88(70)113-89)98-106-94(59-27-11-6-12-28-59)108-99(111-98)78-42-20-37-73-72-36-19-35-71(90(72)114-91(73)78)67-44-22-50-103-85(67)61-30-15-31-66(102)51-61/h4-56H,1-3H3. The van der Waals surface area contributed by atoms with Crippen LogP contribution in [0, 0.1) is 5.82 Å². The Bertz CT molecular complexity index is 7720. The van der Waals surface area contributed by atoms with Crippen molar-refractivity contribution < 1.29 is 13.2 Å². The van der Waals surface area contributed by atoms with Gasteiger partial charge in [-0.05, 0) is 112 Å². The second-order valence-corrected chi connectivity index (χ2v) is 32.0. The SMILES string of the molecule is CC(C)(C)c1ccc(-c2nc(-c3cccc4c3oc3c(-c5ncc6ccccc6n5)cccc34)nc(-c3cccc4c3sc3c(-c5ccccc5)cc(-c5cc(-c6ccccc6)c6oc7c(-c8nc(-c9ccccc9)nc(-c9cccc%10c9sc9c(-c%11cccnc%11-c%11cccc(F)c%11)cccc9%10)n8)cccc7c6c5)cc34)n2)cc1. The molecule has 0 amide bonds. The Hall–Kier alpha value is -14.4. The third kappa shape index (κ3) is 11.5. The molecule has 0 saturated carbocycles. The maximum absolute atomic E-state index is 14.8. The van der Waals surface area contributed by atoms with Crippen molar-refractivity contribution in [1.82, 2.24) is 44.9 Å². The van der Waals surface area contributed by atoms with Crippen molar-refractivity contribution in [2.45, 2.75) is 26.2 Å². The smallest absolute Gasteiger partial charge is 0.167 e. The fourth-order valence-corrected chi connectivity index (χ4v) is 19.0. The van der Waals surface area contributed by atoms with Gasteiger partial charge in [0.05, 0.1) is 27.9 Å². The van der Waals surface area contributed by atoms with E-state index in [1.807, 2.05) is 103 Å². The van der Waals surface area contributed by atoms with Gasteiger partial charge in [0.25, 0.3) is 0 Å². The van der Waals surface area contributed by atoms with Crippen LogP contribution in [0.2, 0.25) is 0 Å². The average molecular weight is 1520 g/mol. The number of aromatic nitrogens is 9. The molecular formula is C101H62FN9O2S2. The number of rotatable bonds is 12. The van der Waals surface area contributed by atoms with Crippen LogP contribution in [0.1, 0.15) is 26.3 Å².